The van der Waals surface area contributed by atoms with E-state index in [9.17, 15) is 8.42 Å². The fourth-order valence-corrected chi connectivity index (χ4v) is 4.50. The van der Waals surface area contributed by atoms with E-state index in [1.807, 2.05) is 11.4 Å². The normalized spacial score (nSPS) is 12.2. The molecular weight excluding hydrogens is 364 g/mol. The molecule has 0 atom stereocenters. The molecule has 0 aliphatic heterocycles. The second-order valence-corrected chi connectivity index (χ2v) is 8.72. The van der Waals surface area contributed by atoms with Gasteiger partial charge >= 0.3 is 0 Å². The Kier molecular flexibility index (Phi) is 4.24. The first-order valence-electron chi connectivity index (χ1n) is 5.71. The molecule has 0 bridgehead atoms. The van der Waals surface area contributed by atoms with Crippen molar-refractivity contribution in [2.75, 3.05) is 12.8 Å². The van der Waals surface area contributed by atoms with Crippen LogP contribution >= 0.6 is 27.3 Å². The smallest absolute Gasteiger partial charge is 0.248 e. The molecule has 0 amide bonds. The van der Waals surface area contributed by atoms with Crippen LogP contribution in [0.15, 0.2) is 20.1 Å². The van der Waals surface area contributed by atoms with Crippen molar-refractivity contribution >= 4 is 43.1 Å². The van der Waals surface area contributed by atoms with Gasteiger partial charge in [0.1, 0.15) is 4.90 Å². The Labute approximate surface area is 130 Å². The van der Waals surface area contributed by atoms with Gasteiger partial charge in [-0.15, -0.1) is 11.3 Å². The van der Waals surface area contributed by atoms with Crippen molar-refractivity contribution in [3.05, 3.63) is 26.5 Å². The Balaban J connectivity index is 2.34. The molecule has 9 heteroatoms. The predicted molar refractivity (Wildman–Crippen MR) is 83.0 cm³/mol. The van der Waals surface area contributed by atoms with Gasteiger partial charge in [-0.25, -0.2) is 8.42 Å². The summed E-state index contributed by atoms with van der Waals surface area (Å²) in [5, 5.41) is 5.87. The zero-order valence-corrected chi connectivity index (χ0v) is 14.5. The van der Waals surface area contributed by atoms with Gasteiger partial charge in [0.2, 0.25) is 10.0 Å². The van der Waals surface area contributed by atoms with E-state index in [2.05, 4.69) is 21.0 Å². The molecular formula is C11H15BrN4O2S2. The average Bonchev–Trinajstić information content (AvgIpc) is 2.84. The van der Waals surface area contributed by atoms with Crippen LogP contribution in [0, 0.1) is 6.92 Å². The van der Waals surface area contributed by atoms with Crippen LogP contribution < -0.4 is 5.73 Å². The van der Waals surface area contributed by atoms with E-state index in [1.165, 1.54) is 27.4 Å². The summed E-state index contributed by atoms with van der Waals surface area (Å²) in [6.45, 7) is 1.98. The van der Waals surface area contributed by atoms with E-state index in [1.54, 1.807) is 14.0 Å². The molecule has 110 valence electrons. The number of hydrogen-bond acceptors (Lipinski definition) is 5. The number of thiophene rings is 1. The number of sulfonamides is 1. The van der Waals surface area contributed by atoms with Crippen LogP contribution in [0.3, 0.4) is 0 Å². The first-order chi connectivity index (χ1) is 9.23. The molecule has 0 aliphatic rings. The maximum atomic E-state index is 12.6. The number of rotatable bonds is 4. The highest BCUT2D eigenvalue weighted by Crippen LogP contribution is 2.27. The summed E-state index contributed by atoms with van der Waals surface area (Å²) in [6, 6.07) is 1.90. The lowest BCUT2D eigenvalue weighted by Gasteiger charge is -2.16. The van der Waals surface area contributed by atoms with Crippen molar-refractivity contribution < 1.29 is 8.42 Å². The van der Waals surface area contributed by atoms with Crippen LogP contribution in [-0.2, 0) is 23.6 Å². The number of aromatic nitrogens is 2. The van der Waals surface area contributed by atoms with Crippen LogP contribution in [0.1, 0.15) is 11.3 Å². The fourth-order valence-electron chi connectivity index (χ4n) is 1.86. The lowest BCUT2D eigenvalue weighted by atomic mass is 10.3. The molecule has 0 saturated heterocycles. The molecule has 0 unspecified atom stereocenters. The van der Waals surface area contributed by atoms with E-state index >= 15 is 0 Å². The van der Waals surface area contributed by atoms with Gasteiger partial charge < -0.3 is 5.73 Å². The first-order valence-corrected chi connectivity index (χ1v) is 8.83. The number of anilines is 1. The molecule has 2 N–H and O–H groups in total. The van der Waals surface area contributed by atoms with E-state index in [0.29, 0.717) is 5.69 Å². The number of nitrogens with zero attached hydrogens (tertiary/aromatic N) is 3. The fraction of sp³-hybridized carbons (Fsp3) is 0.364. The quantitative estimate of drug-likeness (QED) is 0.881. The molecule has 0 spiro atoms. The van der Waals surface area contributed by atoms with Crippen molar-refractivity contribution in [1.29, 1.82) is 0 Å². The predicted octanol–water partition coefficient (Wildman–Crippen LogP) is 1.96. The molecule has 2 aromatic rings. The standard InChI is InChI=1S/C11H15BrN4O2S2/c1-7-10(11(13)14-16(7)3)20(17,18)15(2)5-8-4-9(12)19-6-8/h4,6H,5H2,1-3H3,(H2,13,14). The monoisotopic (exact) mass is 378 g/mol. The van der Waals surface area contributed by atoms with Crippen molar-refractivity contribution in [2.24, 2.45) is 7.05 Å². The molecule has 0 aromatic carbocycles. The lowest BCUT2D eigenvalue weighted by molar-refractivity contribution is 0.467. The van der Waals surface area contributed by atoms with E-state index in [4.69, 9.17) is 5.73 Å². The molecule has 0 radical (unpaired) electrons. The van der Waals surface area contributed by atoms with Gasteiger partial charge in [-0.3, -0.25) is 4.68 Å². The van der Waals surface area contributed by atoms with Crippen LogP contribution in [0.2, 0.25) is 0 Å². The SMILES string of the molecule is Cc1c(S(=O)(=O)N(C)Cc2csc(Br)c2)c(N)nn1C. The Bertz CT molecular complexity index is 736. The third-order valence-electron chi connectivity index (χ3n) is 3.00. The summed E-state index contributed by atoms with van der Waals surface area (Å²) < 4.78 is 28.9. The van der Waals surface area contributed by atoms with Gasteiger partial charge in [-0.2, -0.15) is 9.40 Å². The van der Waals surface area contributed by atoms with Crippen LogP contribution in [0.25, 0.3) is 0 Å². The van der Waals surface area contributed by atoms with E-state index in [-0.39, 0.29) is 17.3 Å². The topological polar surface area (TPSA) is 81.2 Å². The van der Waals surface area contributed by atoms with Crippen molar-refractivity contribution in [2.45, 2.75) is 18.4 Å². The van der Waals surface area contributed by atoms with Crippen LogP contribution in [0.5, 0.6) is 0 Å². The van der Waals surface area contributed by atoms with E-state index in [0.717, 1.165) is 9.35 Å². The summed E-state index contributed by atoms with van der Waals surface area (Å²) in [5.74, 6) is 0.0309. The third-order valence-corrected chi connectivity index (χ3v) is 6.52. The summed E-state index contributed by atoms with van der Waals surface area (Å²) >= 11 is 4.88. The Morgan fingerprint density at radius 2 is 2.20 bits per heavy atom. The average molecular weight is 379 g/mol. The van der Waals surface area contributed by atoms with Gasteiger partial charge in [-0.1, -0.05) is 0 Å². The molecule has 2 aromatic heterocycles. The number of hydrogen-bond donors (Lipinski definition) is 1. The van der Waals surface area contributed by atoms with Crippen LogP contribution in [0.4, 0.5) is 5.82 Å². The number of nitrogen functional groups attached to an aromatic ring is 1. The highest BCUT2D eigenvalue weighted by Gasteiger charge is 2.28. The Hall–Kier alpha value is -0.900. The molecule has 20 heavy (non-hydrogen) atoms. The minimum atomic E-state index is -3.65. The summed E-state index contributed by atoms with van der Waals surface area (Å²) in [5.41, 5.74) is 7.17. The van der Waals surface area contributed by atoms with Crippen molar-refractivity contribution in [3.63, 3.8) is 0 Å². The molecule has 2 rings (SSSR count). The van der Waals surface area contributed by atoms with Crippen LogP contribution in [-0.4, -0.2) is 29.6 Å². The second kappa shape index (κ2) is 5.47. The summed E-state index contributed by atoms with van der Waals surface area (Å²) in [4.78, 5) is 0.0804. The van der Waals surface area contributed by atoms with Crippen molar-refractivity contribution in [3.8, 4) is 0 Å². The lowest BCUT2D eigenvalue weighted by Crippen LogP contribution is -2.27. The second-order valence-electron chi connectivity index (χ2n) is 4.44. The van der Waals surface area contributed by atoms with E-state index < -0.39 is 10.0 Å². The number of nitrogens with two attached hydrogens (primary N) is 1. The highest BCUT2D eigenvalue weighted by atomic mass is 79.9. The van der Waals surface area contributed by atoms with Crippen molar-refractivity contribution in [1.82, 2.24) is 14.1 Å². The van der Waals surface area contributed by atoms with Gasteiger partial charge in [0.25, 0.3) is 0 Å². The minimum absolute atomic E-state index is 0.0309. The maximum absolute atomic E-state index is 12.6. The zero-order valence-electron chi connectivity index (χ0n) is 11.3. The summed E-state index contributed by atoms with van der Waals surface area (Å²) in [6.07, 6.45) is 0. The van der Waals surface area contributed by atoms with Gasteiger partial charge in [0, 0.05) is 20.6 Å². The molecule has 6 nitrogen and oxygen atoms in total. The molecule has 2 heterocycles. The van der Waals surface area contributed by atoms with Gasteiger partial charge in [0.05, 0.1) is 9.48 Å². The minimum Gasteiger partial charge on any atom is -0.381 e. The highest BCUT2D eigenvalue weighted by molar-refractivity contribution is 9.11. The number of halogens is 1. The van der Waals surface area contributed by atoms with Gasteiger partial charge in [0.15, 0.2) is 5.82 Å². The third kappa shape index (κ3) is 2.76. The summed E-state index contributed by atoms with van der Waals surface area (Å²) in [7, 11) is -0.452. The largest absolute Gasteiger partial charge is 0.381 e. The van der Waals surface area contributed by atoms with Gasteiger partial charge in [-0.05, 0) is 39.9 Å². The Morgan fingerprint density at radius 3 is 2.65 bits per heavy atom. The maximum Gasteiger partial charge on any atom is 0.248 e. The zero-order chi connectivity index (χ0) is 15.1. The molecule has 0 saturated carbocycles. The molecule has 0 fully saturated rings. The molecule has 0 aliphatic carbocycles. The Morgan fingerprint density at radius 1 is 1.55 bits per heavy atom. The number of aryl methyl sites for hydroxylation is 1. The first kappa shape index (κ1) is 15.5.